The molecule has 0 spiro atoms. The predicted molar refractivity (Wildman–Crippen MR) is 97.5 cm³/mol. The van der Waals surface area contributed by atoms with Crippen molar-refractivity contribution >= 4 is 32.3 Å². The van der Waals surface area contributed by atoms with E-state index in [1.54, 1.807) is 0 Å². The zero-order valence-corrected chi connectivity index (χ0v) is 13.4. The third-order valence-electron chi connectivity index (χ3n) is 5.75. The number of hydrogen-bond acceptors (Lipinski definition) is 3. The standard InChI is InChI=1S/C22H16O3/c23-19-15-8-7-13-9-12-6-5-11-3-1-2-4-14(11)16(12)10-17(13)18(15)21-22(25-21)20(19)24/h1-10,19-24H/t19-,20+,21+,22-/m1/s1. The summed E-state index contributed by atoms with van der Waals surface area (Å²) in [7, 11) is 0. The van der Waals surface area contributed by atoms with Crippen LogP contribution < -0.4 is 0 Å². The molecule has 6 rings (SSSR count). The zero-order valence-electron chi connectivity index (χ0n) is 13.4. The highest BCUT2D eigenvalue weighted by Crippen LogP contribution is 2.53. The lowest BCUT2D eigenvalue weighted by Crippen LogP contribution is -2.29. The summed E-state index contributed by atoms with van der Waals surface area (Å²) >= 11 is 0. The van der Waals surface area contributed by atoms with E-state index in [9.17, 15) is 10.2 Å². The van der Waals surface area contributed by atoms with Crippen LogP contribution in [0.15, 0.2) is 60.7 Å². The lowest BCUT2D eigenvalue weighted by Gasteiger charge is -2.24. The van der Waals surface area contributed by atoms with Crippen molar-refractivity contribution < 1.29 is 14.9 Å². The first-order valence-electron chi connectivity index (χ1n) is 8.62. The highest BCUT2D eigenvalue weighted by atomic mass is 16.6. The fourth-order valence-corrected chi connectivity index (χ4v) is 4.42. The largest absolute Gasteiger partial charge is 0.387 e. The van der Waals surface area contributed by atoms with Crippen molar-refractivity contribution in [1.29, 1.82) is 0 Å². The number of aliphatic hydroxyl groups is 2. The summed E-state index contributed by atoms with van der Waals surface area (Å²) in [5.41, 5.74) is 1.83. The van der Waals surface area contributed by atoms with E-state index >= 15 is 0 Å². The molecule has 0 amide bonds. The van der Waals surface area contributed by atoms with E-state index in [1.165, 1.54) is 21.5 Å². The van der Waals surface area contributed by atoms with Crippen molar-refractivity contribution in [2.75, 3.05) is 0 Å². The van der Waals surface area contributed by atoms with Crippen molar-refractivity contribution in [1.82, 2.24) is 0 Å². The van der Waals surface area contributed by atoms with Gasteiger partial charge in [0, 0.05) is 0 Å². The number of fused-ring (bicyclic) bond motifs is 8. The highest BCUT2D eigenvalue weighted by molar-refractivity contribution is 6.12. The third kappa shape index (κ3) is 1.75. The van der Waals surface area contributed by atoms with Gasteiger partial charge in [0.1, 0.15) is 24.4 Å². The molecule has 0 unspecified atom stereocenters. The van der Waals surface area contributed by atoms with E-state index in [0.29, 0.717) is 0 Å². The first kappa shape index (κ1) is 13.8. The van der Waals surface area contributed by atoms with Crippen LogP contribution in [0.4, 0.5) is 0 Å². The second-order valence-electron chi connectivity index (χ2n) is 7.11. The summed E-state index contributed by atoms with van der Waals surface area (Å²) in [6.45, 7) is 0. The van der Waals surface area contributed by atoms with Gasteiger partial charge in [0.15, 0.2) is 0 Å². The summed E-state index contributed by atoms with van der Waals surface area (Å²) in [5.74, 6) is 0. The van der Waals surface area contributed by atoms with Crippen LogP contribution in [0.5, 0.6) is 0 Å². The van der Waals surface area contributed by atoms with Gasteiger partial charge in [-0.25, -0.2) is 0 Å². The molecule has 1 aliphatic heterocycles. The van der Waals surface area contributed by atoms with Crippen LogP contribution in [0, 0.1) is 0 Å². The maximum absolute atomic E-state index is 10.4. The molecule has 2 aliphatic rings. The van der Waals surface area contributed by atoms with Crippen molar-refractivity contribution in [2.24, 2.45) is 0 Å². The maximum Gasteiger partial charge on any atom is 0.118 e. The normalized spacial score (nSPS) is 27.4. The summed E-state index contributed by atoms with van der Waals surface area (Å²) in [6, 6.07) is 21.1. The molecule has 0 saturated carbocycles. The van der Waals surface area contributed by atoms with Gasteiger partial charge in [0.2, 0.25) is 0 Å². The Bertz CT molecular complexity index is 1180. The first-order valence-corrected chi connectivity index (χ1v) is 8.62. The lowest BCUT2D eigenvalue weighted by atomic mass is 9.83. The molecule has 1 saturated heterocycles. The van der Waals surface area contributed by atoms with Gasteiger partial charge in [-0.1, -0.05) is 48.5 Å². The third-order valence-corrected chi connectivity index (χ3v) is 5.75. The Hall–Kier alpha value is -2.46. The molecule has 4 atom stereocenters. The summed E-state index contributed by atoms with van der Waals surface area (Å²) < 4.78 is 5.68. The van der Waals surface area contributed by atoms with E-state index in [-0.39, 0.29) is 12.2 Å². The van der Waals surface area contributed by atoms with Gasteiger partial charge in [-0.2, -0.15) is 0 Å². The SMILES string of the molecule is O[C@@H]1[C@H]2O[C@H]2c2c(ccc3cc4ccc5ccccc5c4cc23)[C@H]1O. The predicted octanol–water partition coefficient (Wildman–Crippen LogP) is 3.99. The molecule has 0 bridgehead atoms. The molecular weight excluding hydrogens is 312 g/mol. The molecule has 1 aliphatic carbocycles. The molecule has 1 heterocycles. The van der Waals surface area contributed by atoms with Crippen LogP contribution in [0.3, 0.4) is 0 Å². The van der Waals surface area contributed by atoms with Gasteiger partial charge in [-0.05, 0) is 55.6 Å². The van der Waals surface area contributed by atoms with Gasteiger partial charge < -0.3 is 14.9 Å². The van der Waals surface area contributed by atoms with Gasteiger partial charge in [0.25, 0.3) is 0 Å². The van der Waals surface area contributed by atoms with Crippen LogP contribution in [0.1, 0.15) is 23.3 Å². The van der Waals surface area contributed by atoms with Crippen LogP contribution in [-0.2, 0) is 4.74 Å². The fourth-order valence-electron chi connectivity index (χ4n) is 4.42. The summed E-state index contributed by atoms with van der Waals surface area (Å²) in [6.07, 6.45) is -2.11. The fraction of sp³-hybridized carbons (Fsp3) is 0.182. The molecule has 122 valence electrons. The van der Waals surface area contributed by atoms with Crippen LogP contribution >= 0.6 is 0 Å². The van der Waals surface area contributed by atoms with Gasteiger partial charge in [-0.3, -0.25) is 0 Å². The topological polar surface area (TPSA) is 53.0 Å². The minimum Gasteiger partial charge on any atom is -0.387 e. The second-order valence-corrected chi connectivity index (χ2v) is 7.11. The van der Waals surface area contributed by atoms with E-state index in [4.69, 9.17) is 4.74 Å². The Morgan fingerprint density at radius 3 is 2.40 bits per heavy atom. The Balaban J connectivity index is 1.75. The molecule has 4 aromatic carbocycles. The molecule has 0 radical (unpaired) electrons. The Kier molecular flexibility index (Phi) is 2.53. The van der Waals surface area contributed by atoms with Gasteiger partial charge >= 0.3 is 0 Å². The molecule has 3 nitrogen and oxygen atoms in total. The molecular formula is C22H16O3. The minimum atomic E-state index is -0.883. The molecule has 2 N–H and O–H groups in total. The second kappa shape index (κ2) is 4.58. The average Bonchev–Trinajstić information content (AvgIpc) is 3.44. The number of hydrogen-bond donors (Lipinski definition) is 2. The minimum absolute atomic E-state index is 0.107. The monoisotopic (exact) mass is 328 g/mol. The van der Waals surface area contributed by atoms with Crippen LogP contribution in [0.25, 0.3) is 32.3 Å². The summed E-state index contributed by atoms with van der Waals surface area (Å²) in [4.78, 5) is 0. The smallest absolute Gasteiger partial charge is 0.118 e. The molecule has 3 heteroatoms. The van der Waals surface area contributed by atoms with E-state index in [1.807, 2.05) is 12.1 Å². The van der Waals surface area contributed by atoms with Crippen molar-refractivity contribution in [2.45, 2.75) is 24.4 Å². The van der Waals surface area contributed by atoms with Crippen molar-refractivity contribution in [3.8, 4) is 0 Å². The molecule has 4 aromatic rings. The zero-order chi connectivity index (χ0) is 16.7. The first-order chi connectivity index (χ1) is 12.2. The molecule has 25 heavy (non-hydrogen) atoms. The van der Waals surface area contributed by atoms with Gasteiger partial charge in [-0.15, -0.1) is 0 Å². The van der Waals surface area contributed by atoms with Crippen LogP contribution in [0.2, 0.25) is 0 Å². The van der Waals surface area contributed by atoms with Gasteiger partial charge in [0.05, 0.1) is 0 Å². The Morgan fingerprint density at radius 1 is 0.720 bits per heavy atom. The molecule has 0 aromatic heterocycles. The number of benzene rings is 4. The van der Waals surface area contributed by atoms with E-state index in [2.05, 4.69) is 48.5 Å². The summed E-state index contributed by atoms with van der Waals surface area (Å²) in [5, 5.41) is 27.7. The van der Waals surface area contributed by atoms with E-state index < -0.39 is 12.2 Å². The average molecular weight is 328 g/mol. The Labute approximate surface area is 144 Å². The number of ether oxygens (including phenoxy) is 1. The number of epoxide rings is 1. The number of rotatable bonds is 0. The van der Waals surface area contributed by atoms with E-state index in [0.717, 1.165) is 21.9 Å². The van der Waals surface area contributed by atoms with Crippen molar-refractivity contribution in [3.63, 3.8) is 0 Å². The quantitative estimate of drug-likeness (QED) is 0.291. The highest BCUT2D eigenvalue weighted by Gasteiger charge is 2.54. The molecule has 1 fully saturated rings. The number of aliphatic hydroxyl groups excluding tert-OH is 2. The Morgan fingerprint density at radius 2 is 1.48 bits per heavy atom. The van der Waals surface area contributed by atoms with Crippen LogP contribution in [-0.4, -0.2) is 22.4 Å². The maximum atomic E-state index is 10.4. The lowest BCUT2D eigenvalue weighted by molar-refractivity contribution is 0.000106. The van der Waals surface area contributed by atoms with Crippen molar-refractivity contribution in [3.05, 3.63) is 71.8 Å².